The topological polar surface area (TPSA) is 50.8 Å². The lowest BCUT2D eigenvalue weighted by Crippen LogP contribution is -2.37. The van der Waals surface area contributed by atoms with Crippen molar-refractivity contribution in [2.24, 2.45) is 10.7 Å². The van der Waals surface area contributed by atoms with E-state index < -0.39 is 0 Å². The molecule has 0 bridgehead atoms. The number of rotatable bonds is 8. The Kier molecular flexibility index (Phi) is 9.27. The molecule has 0 aromatic carbocycles. The summed E-state index contributed by atoms with van der Waals surface area (Å²) in [5.41, 5.74) is 5.83. The second-order valence-corrected chi connectivity index (χ2v) is 3.47. The monoisotopic (exact) mass is 215 g/mol. The minimum Gasteiger partial charge on any atom is -0.385 e. The van der Waals surface area contributed by atoms with Crippen molar-refractivity contribution in [1.29, 1.82) is 0 Å². The highest BCUT2D eigenvalue weighted by Gasteiger charge is 2.00. The van der Waals surface area contributed by atoms with E-state index in [0.717, 1.165) is 45.5 Å². The van der Waals surface area contributed by atoms with Crippen molar-refractivity contribution in [2.75, 3.05) is 33.4 Å². The zero-order valence-corrected chi connectivity index (χ0v) is 10.3. The Bertz CT molecular complexity index is 167. The van der Waals surface area contributed by atoms with Crippen LogP contribution in [0.3, 0.4) is 0 Å². The molecule has 0 aromatic heterocycles. The summed E-state index contributed by atoms with van der Waals surface area (Å²) in [6.45, 7) is 7.70. The first kappa shape index (κ1) is 14.2. The third-order valence-electron chi connectivity index (χ3n) is 2.37. The van der Waals surface area contributed by atoms with Crippen molar-refractivity contribution in [3.63, 3.8) is 0 Å². The van der Waals surface area contributed by atoms with E-state index in [1.165, 1.54) is 0 Å². The second kappa shape index (κ2) is 9.77. The number of unbranched alkanes of at least 4 members (excludes halogenated alkanes) is 2. The number of aliphatic imine (C=N–C) groups is 1. The highest BCUT2D eigenvalue weighted by atomic mass is 16.5. The molecule has 0 aromatic rings. The number of ether oxygens (including phenoxy) is 1. The fourth-order valence-corrected chi connectivity index (χ4v) is 1.38. The van der Waals surface area contributed by atoms with Gasteiger partial charge in [-0.1, -0.05) is 0 Å². The third-order valence-corrected chi connectivity index (χ3v) is 2.37. The molecule has 2 N–H and O–H groups in total. The molecule has 0 saturated carbocycles. The van der Waals surface area contributed by atoms with E-state index in [2.05, 4.69) is 23.7 Å². The van der Waals surface area contributed by atoms with Gasteiger partial charge in [-0.2, -0.15) is 0 Å². The highest BCUT2D eigenvalue weighted by molar-refractivity contribution is 5.77. The number of nitrogens with zero attached hydrogens (tertiary/aromatic N) is 2. The molecular formula is C11H25N3O. The van der Waals surface area contributed by atoms with Gasteiger partial charge in [0.2, 0.25) is 0 Å². The molecule has 0 unspecified atom stereocenters. The Morgan fingerprint density at radius 1 is 1.20 bits per heavy atom. The summed E-state index contributed by atoms with van der Waals surface area (Å²) in [5.74, 6) is 0.673. The van der Waals surface area contributed by atoms with E-state index >= 15 is 0 Å². The second-order valence-electron chi connectivity index (χ2n) is 3.47. The highest BCUT2D eigenvalue weighted by Crippen LogP contribution is 1.96. The maximum atomic E-state index is 5.83. The molecule has 4 nitrogen and oxygen atoms in total. The lowest BCUT2D eigenvalue weighted by molar-refractivity contribution is 0.192. The van der Waals surface area contributed by atoms with Crippen LogP contribution in [-0.2, 0) is 4.74 Å². The molecule has 0 aliphatic heterocycles. The summed E-state index contributed by atoms with van der Waals surface area (Å²) in [6.07, 6.45) is 3.35. The molecule has 0 atom stereocenters. The van der Waals surface area contributed by atoms with Crippen LogP contribution in [0, 0.1) is 0 Å². The summed E-state index contributed by atoms with van der Waals surface area (Å²) in [7, 11) is 1.73. The molecule has 0 rings (SSSR count). The molecule has 90 valence electrons. The van der Waals surface area contributed by atoms with Gasteiger partial charge < -0.3 is 15.4 Å². The summed E-state index contributed by atoms with van der Waals surface area (Å²) in [4.78, 5) is 6.41. The van der Waals surface area contributed by atoms with Gasteiger partial charge in [-0.05, 0) is 33.1 Å². The first-order valence-electron chi connectivity index (χ1n) is 5.80. The summed E-state index contributed by atoms with van der Waals surface area (Å²) >= 11 is 0. The lowest BCUT2D eigenvalue weighted by atomic mass is 10.2. The minimum atomic E-state index is 0.673. The van der Waals surface area contributed by atoms with E-state index in [0.29, 0.717) is 5.96 Å². The van der Waals surface area contributed by atoms with Gasteiger partial charge in [-0.25, -0.2) is 0 Å². The van der Waals surface area contributed by atoms with Crippen LogP contribution in [0.25, 0.3) is 0 Å². The molecule has 0 aliphatic rings. The Morgan fingerprint density at radius 2 is 1.87 bits per heavy atom. The quantitative estimate of drug-likeness (QED) is 0.379. The number of hydrogen-bond donors (Lipinski definition) is 1. The van der Waals surface area contributed by atoms with E-state index in [1.54, 1.807) is 7.11 Å². The zero-order chi connectivity index (χ0) is 11.5. The zero-order valence-electron chi connectivity index (χ0n) is 10.3. The van der Waals surface area contributed by atoms with Crippen LogP contribution < -0.4 is 5.73 Å². The van der Waals surface area contributed by atoms with Crippen molar-refractivity contribution in [2.45, 2.75) is 33.1 Å². The van der Waals surface area contributed by atoms with Gasteiger partial charge in [-0.3, -0.25) is 4.99 Å². The van der Waals surface area contributed by atoms with E-state index in [-0.39, 0.29) is 0 Å². The fourth-order valence-electron chi connectivity index (χ4n) is 1.38. The van der Waals surface area contributed by atoms with Crippen LogP contribution in [-0.4, -0.2) is 44.2 Å². The maximum Gasteiger partial charge on any atom is 0.191 e. The number of hydrogen-bond acceptors (Lipinski definition) is 2. The summed E-state index contributed by atoms with van der Waals surface area (Å²) in [6, 6.07) is 0. The van der Waals surface area contributed by atoms with Crippen LogP contribution in [0.15, 0.2) is 4.99 Å². The van der Waals surface area contributed by atoms with E-state index in [9.17, 15) is 0 Å². The average molecular weight is 215 g/mol. The average Bonchev–Trinajstić information content (AvgIpc) is 2.25. The van der Waals surface area contributed by atoms with Gasteiger partial charge >= 0.3 is 0 Å². The largest absolute Gasteiger partial charge is 0.385 e. The Morgan fingerprint density at radius 3 is 2.40 bits per heavy atom. The van der Waals surface area contributed by atoms with E-state index in [1.807, 2.05) is 0 Å². The lowest BCUT2D eigenvalue weighted by Gasteiger charge is -2.19. The van der Waals surface area contributed by atoms with Crippen LogP contribution in [0.2, 0.25) is 0 Å². The smallest absolute Gasteiger partial charge is 0.191 e. The summed E-state index contributed by atoms with van der Waals surface area (Å²) < 4.78 is 4.97. The van der Waals surface area contributed by atoms with Crippen molar-refractivity contribution in [3.05, 3.63) is 0 Å². The molecule has 0 spiro atoms. The van der Waals surface area contributed by atoms with Crippen molar-refractivity contribution < 1.29 is 4.74 Å². The van der Waals surface area contributed by atoms with Gasteiger partial charge in [-0.15, -0.1) is 0 Å². The number of methoxy groups -OCH3 is 1. The van der Waals surface area contributed by atoms with Crippen LogP contribution in [0.5, 0.6) is 0 Å². The van der Waals surface area contributed by atoms with Gasteiger partial charge in [0.25, 0.3) is 0 Å². The molecule has 15 heavy (non-hydrogen) atoms. The van der Waals surface area contributed by atoms with Crippen molar-refractivity contribution in [1.82, 2.24) is 4.90 Å². The van der Waals surface area contributed by atoms with Crippen molar-refractivity contribution in [3.8, 4) is 0 Å². The predicted molar refractivity (Wildman–Crippen MR) is 65.1 cm³/mol. The molecule has 0 saturated heterocycles. The third kappa shape index (κ3) is 7.19. The van der Waals surface area contributed by atoms with Crippen LogP contribution in [0.4, 0.5) is 0 Å². The number of guanidine groups is 1. The Balaban J connectivity index is 3.57. The molecule has 0 heterocycles. The fraction of sp³-hybridized carbons (Fsp3) is 0.909. The first-order chi connectivity index (χ1) is 7.26. The predicted octanol–water partition coefficient (Wildman–Crippen LogP) is 1.46. The summed E-state index contributed by atoms with van der Waals surface area (Å²) in [5, 5.41) is 0. The van der Waals surface area contributed by atoms with Crippen molar-refractivity contribution >= 4 is 5.96 Å². The Labute approximate surface area is 93.5 Å². The standard InChI is InChI=1S/C11H25N3O/c1-4-14(5-2)11(12)13-9-7-6-8-10-15-3/h4-10H2,1-3H3,(H2,12,13). The molecule has 0 aliphatic carbocycles. The van der Waals surface area contributed by atoms with Gasteiger partial charge in [0.1, 0.15) is 0 Å². The minimum absolute atomic E-state index is 0.673. The van der Waals surface area contributed by atoms with Crippen LogP contribution in [0.1, 0.15) is 33.1 Å². The van der Waals surface area contributed by atoms with Crippen LogP contribution >= 0.6 is 0 Å². The Hall–Kier alpha value is -0.770. The molecule has 4 heteroatoms. The van der Waals surface area contributed by atoms with E-state index in [4.69, 9.17) is 10.5 Å². The molecule has 0 radical (unpaired) electrons. The van der Waals surface area contributed by atoms with Gasteiger partial charge in [0.05, 0.1) is 0 Å². The molecule has 0 amide bonds. The first-order valence-corrected chi connectivity index (χ1v) is 5.80. The maximum absolute atomic E-state index is 5.83. The van der Waals surface area contributed by atoms with Gasteiger partial charge in [0.15, 0.2) is 5.96 Å². The normalized spacial score (nSPS) is 11.8. The molecule has 0 fully saturated rings. The van der Waals surface area contributed by atoms with Gasteiger partial charge in [0, 0.05) is 33.4 Å². The molecular weight excluding hydrogens is 190 g/mol. The number of nitrogens with two attached hydrogens (primary N) is 1. The SMILES string of the molecule is CCN(CC)C(N)=NCCCCCOC.